The average Bonchev–Trinajstić information content (AvgIpc) is 2.52. The van der Waals surface area contributed by atoms with E-state index in [1.807, 2.05) is 0 Å². The number of nitrogen functional groups attached to an aromatic ring is 1. The molecule has 1 aromatic heterocycles. The van der Waals surface area contributed by atoms with Crippen LogP contribution in [0.2, 0.25) is 0 Å². The zero-order valence-electron chi connectivity index (χ0n) is 7.39. The molecule has 3 nitrogen and oxygen atoms in total. The molecule has 78 valence electrons. The second-order valence-electron chi connectivity index (χ2n) is 2.92. The lowest BCUT2D eigenvalue weighted by Gasteiger charge is -2.00. The largest absolute Gasteiger partial charge is 0.380 e. The van der Waals surface area contributed by atoms with Crippen molar-refractivity contribution in [2.24, 2.45) is 0 Å². The van der Waals surface area contributed by atoms with Crippen molar-refractivity contribution in [1.29, 1.82) is 0 Å². The van der Waals surface area contributed by atoms with Crippen molar-refractivity contribution >= 4 is 21.7 Å². The number of halogens is 3. The highest BCUT2D eigenvalue weighted by Crippen LogP contribution is 2.28. The van der Waals surface area contributed by atoms with Crippen molar-refractivity contribution in [3.63, 3.8) is 0 Å². The van der Waals surface area contributed by atoms with E-state index in [2.05, 4.69) is 26.1 Å². The van der Waals surface area contributed by atoms with E-state index in [9.17, 15) is 8.78 Å². The normalized spacial score (nSPS) is 10.6. The van der Waals surface area contributed by atoms with Crippen molar-refractivity contribution in [1.82, 2.24) is 10.2 Å². The minimum Gasteiger partial charge on any atom is -0.380 e. The van der Waals surface area contributed by atoms with E-state index < -0.39 is 11.6 Å². The number of aromatic amines is 1. The quantitative estimate of drug-likeness (QED) is 0.840. The third kappa shape index (κ3) is 1.72. The molecule has 0 spiro atoms. The summed E-state index contributed by atoms with van der Waals surface area (Å²) in [5.41, 5.74) is 5.25. The van der Waals surface area contributed by atoms with Crippen molar-refractivity contribution in [3.8, 4) is 11.3 Å². The summed E-state index contributed by atoms with van der Waals surface area (Å²) in [6.45, 7) is 0. The minimum absolute atomic E-state index is 0.0497. The highest BCUT2D eigenvalue weighted by molar-refractivity contribution is 9.10. The molecule has 0 radical (unpaired) electrons. The van der Waals surface area contributed by atoms with Gasteiger partial charge < -0.3 is 5.73 Å². The number of H-pyrrole nitrogens is 1. The molecule has 0 saturated heterocycles. The topological polar surface area (TPSA) is 54.7 Å². The Balaban J connectivity index is 2.63. The number of benzene rings is 1. The summed E-state index contributed by atoms with van der Waals surface area (Å²) in [4.78, 5) is 0. The lowest BCUT2D eigenvalue weighted by molar-refractivity contribution is 0.618. The first-order valence-electron chi connectivity index (χ1n) is 4.04. The molecular weight excluding hydrogens is 268 g/mol. The molecule has 0 saturated carbocycles. The molecule has 3 N–H and O–H groups in total. The Morgan fingerprint density at radius 1 is 1.33 bits per heavy atom. The lowest BCUT2D eigenvalue weighted by Crippen LogP contribution is -1.89. The van der Waals surface area contributed by atoms with E-state index in [1.54, 1.807) is 0 Å². The predicted molar refractivity (Wildman–Crippen MR) is 56.1 cm³/mol. The van der Waals surface area contributed by atoms with Crippen molar-refractivity contribution in [2.75, 3.05) is 5.73 Å². The molecule has 1 heterocycles. The molecule has 2 rings (SSSR count). The minimum atomic E-state index is -0.744. The van der Waals surface area contributed by atoms with Crippen molar-refractivity contribution < 1.29 is 8.78 Å². The molecular formula is C9H6BrF2N3. The van der Waals surface area contributed by atoms with Crippen LogP contribution in [0, 0.1) is 11.6 Å². The van der Waals surface area contributed by atoms with Gasteiger partial charge in [0.2, 0.25) is 0 Å². The first kappa shape index (κ1) is 10.1. The average molecular weight is 274 g/mol. The van der Waals surface area contributed by atoms with Crippen LogP contribution in [0.4, 0.5) is 14.6 Å². The zero-order chi connectivity index (χ0) is 11.0. The molecule has 0 unspecified atom stereocenters. The summed E-state index contributed by atoms with van der Waals surface area (Å²) in [6, 6.07) is 4.21. The van der Waals surface area contributed by atoms with Crippen LogP contribution in [0.5, 0.6) is 0 Å². The molecule has 6 heteroatoms. The van der Waals surface area contributed by atoms with Gasteiger partial charge in [0.05, 0.1) is 0 Å². The molecule has 0 aliphatic heterocycles. The van der Waals surface area contributed by atoms with Crippen molar-refractivity contribution in [2.45, 2.75) is 0 Å². The summed E-state index contributed by atoms with van der Waals surface area (Å²) < 4.78 is 27.4. The fourth-order valence-electron chi connectivity index (χ4n) is 1.21. The Labute approximate surface area is 92.4 Å². The smallest absolute Gasteiger partial charge is 0.192 e. The van der Waals surface area contributed by atoms with E-state index in [4.69, 9.17) is 5.73 Å². The summed E-state index contributed by atoms with van der Waals surface area (Å²) in [6.07, 6.45) is 0. The number of nitrogens with two attached hydrogens (primary N) is 1. The van der Waals surface area contributed by atoms with Crippen LogP contribution in [0.15, 0.2) is 22.7 Å². The van der Waals surface area contributed by atoms with Gasteiger partial charge in [-0.2, -0.15) is 5.10 Å². The summed E-state index contributed by atoms with van der Waals surface area (Å²) in [7, 11) is 0. The number of anilines is 1. The molecule has 0 amide bonds. The van der Waals surface area contributed by atoms with Crippen molar-refractivity contribution in [3.05, 3.63) is 34.3 Å². The van der Waals surface area contributed by atoms with Crippen LogP contribution in [0.3, 0.4) is 0 Å². The maximum atomic E-state index is 13.4. The SMILES string of the molecule is Nc1n[nH]c(-c2cc(Br)ccc2F)c1F. The van der Waals surface area contributed by atoms with Gasteiger partial charge in [0, 0.05) is 10.0 Å². The maximum Gasteiger partial charge on any atom is 0.192 e. The summed E-state index contributed by atoms with van der Waals surface area (Å²) in [5.74, 6) is -1.56. The molecule has 0 aliphatic carbocycles. The van der Waals surface area contributed by atoms with Gasteiger partial charge in [-0.15, -0.1) is 0 Å². The number of hydrogen-bond acceptors (Lipinski definition) is 2. The van der Waals surface area contributed by atoms with E-state index in [-0.39, 0.29) is 17.1 Å². The number of aromatic nitrogens is 2. The lowest BCUT2D eigenvalue weighted by atomic mass is 10.1. The first-order valence-corrected chi connectivity index (χ1v) is 4.83. The number of nitrogens with one attached hydrogen (secondary N) is 1. The van der Waals surface area contributed by atoms with E-state index >= 15 is 0 Å². The molecule has 15 heavy (non-hydrogen) atoms. The van der Waals surface area contributed by atoms with Crippen LogP contribution >= 0.6 is 15.9 Å². The monoisotopic (exact) mass is 273 g/mol. The molecule has 2 aromatic rings. The van der Waals surface area contributed by atoms with Gasteiger partial charge >= 0.3 is 0 Å². The van der Waals surface area contributed by atoms with Gasteiger partial charge in [-0.25, -0.2) is 8.78 Å². The Hall–Kier alpha value is -1.43. The summed E-state index contributed by atoms with van der Waals surface area (Å²) >= 11 is 3.17. The van der Waals surface area contributed by atoms with Gasteiger partial charge in [0.1, 0.15) is 11.5 Å². The first-order chi connectivity index (χ1) is 7.09. The number of rotatable bonds is 1. The molecule has 0 bridgehead atoms. The Morgan fingerprint density at radius 2 is 2.07 bits per heavy atom. The van der Waals surface area contributed by atoms with Crippen LogP contribution in [0.1, 0.15) is 0 Å². The van der Waals surface area contributed by atoms with Gasteiger partial charge in [-0.3, -0.25) is 5.10 Å². The third-order valence-electron chi connectivity index (χ3n) is 1.93. The van der Waals surface area contributed by atoms with Crippen LogP contribution < -0.4 is 5.73 Å². The molecule has 0 fully saturated rings. The van der Waals surface area contributed by atoms with Crippen LogP contribution in [0.25, 0.3) is 11.3 Å². The summed E-state index contributed by atoms with van der Waals surface area (Å²) in [5, 5.41) is 5.81. The van der Waals surface area contributed by atoms with Gasteiger partial charge in [-0.1, -0.05) is 15.9 Å². The number of nitrogens with zero attached hydrogens (tertiary/aromatic N) is 1. The molecule has 1 aromatic carbocycles. The molecule has 0 atom stereocenters. The zero-order valence-corrected chi connectivity index (χ0v) is 8.98. The molecule has 0 aliphatic rings. The van der Waals surface area contributed by atoms with E-state index in [1.165, 1.54) is 18.2 Å². The second-order valence-corrected chi connectivity index (χ2v) is 3.84. The Kier molecular flexibility index (Phi) is 2.44. The fraction of sp³-hybridized carbons (Fsp3) is 0. The van der Waals surface area contributed by atoms with Crippen LogP contribution in [-0.4, -0.2) is 10.2 Å². The van der Waals surface area contributed by atoms with Gasteiger partial charge in [0.15, 0.2) is 11.6 Å². The highest BCUT2D eigenvalue weighted by atomic mass is 79.9. The third-order valence-corrected chi connectivity index (χ3v) is 2.42. The van der Waals surface area contributed by atoms with E-state index in [0.717, 1.165) is 0 Å². The van der Waals surface area contributed by atoms with E-state index in [0.29, 0.717) is 4.47 Å². The predicted octanol–water partition coefficient (Wildman–Crippen LogP) is 2.70. The van der Waals surface area contributed by atoms with Gasteiger partial charge in [-0.05, 0) is 18.2 Å². The van der Waals surface area contributed by atoms with Gasteiger partial charge in [0.25, 0.3) is 0 Å². The number of hydrogen-bond donors (Lipinski definition) is 2. The fourth-order valence-corrected chi connectivity index (χ4v) is 1.57. The second kappa shape index (κ2) is 3.62. The maximum absolute atomic E-state index is 13.4. The van der Waals surface area contributed by atoms with Crippen LogP contribution in [-0.2, 0) is 0 Å². The Morgan fingerprint density at radius 3 is 2.67 bits per heavy atom. The highest BCUT2D eigenvalue weighted by Gasteiger charge is 2.15. The Bertz CT molecular complexity index is 510. The standard InChI is InChI=1S/C9H6BrF2N3/c10-4-1-2-6(11)5(3-4)8-7(12)9(13)15-14-8/h1-3H,(H3,13,14,15).